The van der Waals surface area contributed by atoms with Crippen molar-refractivity contribution in [3.63, 3.8) is 0 Å². The summed E-state index contributed by atoms with van der Waals surface area (Å²) in [5, 5.41) is 0. The highest BCUT2D eigenvalue weighted by molar-refractivity contribution is 5.44. The first-order valence-electron chi connectivity index (χ1n) is 12.0. The number of aryl methyl sites for hydroxylation is 1. The Bertz CT molecular complexity index is 762. The summed E-state index contributed by atoms with van der Waals surface area (Å²) in [6.07, 6.45) is 15.0. The third-order valence-corrected chi connectivity index (χ3v) is 6.54. The van der Waals surface area contributed by atoms with Gasteiger partial charge >= 0.3 is 0 Å². The molecule has 1 saturated carbocycles. The summed E-state index contributed by atoms with van der Waals surface area (Å²) in [6.45, 7) is 4.52. The molecule has 2 aromatic rings. The van der Waals surface area contributed by atoms with Gasteiger partial charge in [0.05, 0.1) is 0 Å². The van der Waals surface area contributed by atoms with Gasteiger partial charge in [-0.3, -0.25) is 0 Å². The van der Waals surface area contributed by atoms with E-state index in [0.29, 0.717) is 0 Å². The molecule has 0 nitrogen and oxygen atoms in total. The molecule has 0 unspecified atom stereocenters. The Balaban J connectivity index is 1.48. The van der Waals surface area contributed by atoms with Crippen molar-refractivity contribution in [3.8, 4) is 11.8 Å². The van der Waals surface area contributed by atoms with Crippen molar-refractivity contribution >= 4 is 0 Å². The molecule has 0 N–H and O–H groups in total. The van der Waals surface area contributed by atoms with Crippen LogP contribution >= 0.6 is 0 Å². The third kappa shape index (κ3) is 7.08. The zero-order valence-corrected chi connectivity index (χ0v) is 18.6. The molecule has 0 saturated heterocycles. The second-order valence-corrected chi connectivity index (χ2v) is 8.89. The van der Waals surface area contributed by atoms with Crippen LogP contribution in [0.25, 0.3) is 0 Å². The Kier molecular flexibility index (Phi) is 8.88. The average Bonchev–Trinajstić information content (AvgIpc) is 2.77. The fourth-order valence-corrected chi connectivity index (χ4v) is 4.67. The van der Waals surface area contributed by atoms with Crippen molar-refractivity contribution < 1.29 is 0 Å². The molecule has 1 aliphatic rings. The van der Waals surface area contributed by atoms with E-state index in [1.807, 2.05) is 0 Å². The molecule has 0 aromatic heterocycles. The molecule has 0 radical (unpaired) electrons. The average molecular weight is 387 g/mol. The lowest BCUT2D eigenvalue weighted by Crippen LogP contribution is -2.13. The molecule has 29 heavy (non-hydrogen) atoms. The van der Waals surface area contributed by atoms with Gasteiger partial charge in [0.15, 0.2) is 0 Å². The number of rotatable bonds is 8. The number of benzene rings is 2. The van der Waals surface area contributed by atoms with Gasteiger partial charge in [-0.2, -0.15) is 0 Å². The quantitative estimate of drug-likeness (QED) is 0.316. The summed E-state index contributed by atoms with van der Waals surface area (Å²) < 4.78 is 0. The van der Waals surface area contributed by atoms with Crippen LogP contribution in [-0.4, -0.2) is 0 Å². The largest absolute Gasteiger partial charge is 0.0654 e. The predicted octanol–water partition coefficient (Wildman–Crippen LogP) is 8.28. The van der Waals surface area contributed by atoms with Crippen molar-refractivity contribution in [2.75, 3.05) is 0 Å². The predicted molar refractivity (Wildman–Crippen MR) is 126 cm³/mol. The van der Waals surface area contributed by atoms with Gasteiger partial charge < -0.3 is 0 Å². The van der Waals surface area contributed by atoms with E-state index in [2.05, 4.69) is 74.2 Å². The first-order chi connectivity index (χ1) is 14.3. The summed E-state index contributed by atoms with van der Waals surface area (Å²) in [4.78, 5) is 0. The fraction of sp³-hybridized carbons (Fsp3) is 0.517. The van der Waals surface area contributed by atoms with Gasteiger partial charge in [0.25, 0.3) is 0 Å². The van der Waals surface area contributed by atoms with E-state index in [1.54, 1.807) is 0 Å². The molecule has 0 aliphatic heterocycles. The number of unbranched alkanes of at least 4 members (excludes halogenated alkanes) is 3. The number of hydrogen-bond acceptors (Lipinski definition) is 0. The van der Waals surface area contributed by atoms with Crippen LogP contribution in [0.1, 0.15) is 106 Å². The summed E-state index contributed by atoms with van der Waals surface area (Å²) in [5.74, 6) is 8.39. The van der Waals surface area contributed by atoms with Crippen molar-refractivity contribution in [2.45, 2.75) is 90.4 Å². The molecule has 0 atom stereocenters. The SMILES string of the molecule is CCCCCCC1CCC(c2ccc(C#Cc3ccc(CCC)cc3)cc2)CC1. The Hall–Kier alpha value is -2.00. The number of hydrogen-bond donors (Lipinski definition) is 0. The Morgan fingerprint density at radius 3 is 1.90 bits per heavy atom. The van der Waals surface area contributed by atoms with Crippen molar-refractivity contribution in [1.82, 2.24) is 0 Å². The molecule has 0 spiro atoms. The molecule has 0 heterocycles. The molecule has 2 aromatic carbocycles. The smallest absolute Gasteiger partial charge is 0.0249 e. The maximum Gasteiger partial charge on any atom is 0.0249 e. The van der Waals surface area contributed by atoms with Crippen LogP contribution in [0.2, 0.25) is 0 Å². The van der Waals surface area contributed by atoms with Crippen molar-refractivity contribution in [3.05, 3.63) is 70.8 Å². The summed E-state index contributed by atoms with van der Waals surface area (Å²) >= 11 is 0. The van der Waals surface area contributed by atoms with Gasteiger partial charge in [-0.05, 0) is 79.3 Å². The van der Waals surface area contributed by atoms with E-state index in [9.17, 15) is 0 Å². The lowest BCUT2D eigenvalue weighted by Gasteiger charge is -2.29. The molecule has 1 fully saturated rings. The van der Waals surface area contributed by atoms with E-state index in [4.69, 9.17) is 0 Å². The second kappa shape index (κ2) is 11.9. The zero-order chi connectivity index (χ0) is 20.3. The van der Waals surface area contributed by atoms with Crippen LogP contribution in [0.3, 0.4) is 0 Å². The zero-order valence-electron chi connectivity index (χ0n) is 18.6. The maximum atomic E-state index is 3.33. The highest BCUT2D eigenvalue weighted by atomic mass is 14.3. The van der Waals surface area contributed by atoms with E-state index >= 15 is 0 Å². The first kappa shape index (κ1) is 21.7. The van der Waals surface area contributed by atoms with Gasteiger partial charge in [-0.25, -0.2) is 0 Å². The molecule has 3 rings (SSSR count). The minimum absolute atomic E-state index is 0.759. The summed E-state index contributed by atoms with van der Waals surface area (Å²) in [6, 6.07) is 17.8. The van der Waals surface area contributed by atoms with Gasteiger partial charge in [0.2, 0.25) is 0 Å². The van der Waals surface area contributed by atoms with Gasteiger partial charge in [0, 0.05) is 11.1 Å². The van der Waals surface area contributed by atoms with Crippen LogP contribution in [0.15, 0.2) is 48.5 Å². The standard InChI is InChI=1S/C29H38/c1-3-5-6-7-9-25-16-20-28(21-17-25)29-22-18-27(19-23-29)15-14-26-12-10-24(8-4-2)11-13-26/h10-13,18-19,22-23,25,28H,3-9,16-17,20-21H2,1-2H3. The molecule has 0 amide bonds. The molecular weight excluding hydrogens is 348 g/mol. The van der Waals surface area contributed by atoms with Crippen LogP contribution in [0.4, 0.5) is 0 Å². The first-order valence-corrected chi connectivity index (χ1v) is 12.0. The van der Waals surface area contributed by atoms with E-state index in [1.165, 1.54) is 75.3 Å². The lowest BCUT2D eigenvalue weighted by atomic mass is 9.77. The molecule has 1 aliphatic carbocycles. The Morgan fingerprint density at radius 2 is 1.31 bits per heavy atom. The van der Waals surface area contributed by atoms with Gasteiger partial charge in [-0.1, -0.05) is 88.5 Å². The minimum Gasteiger partial charge on any atom is -0.0654 e. The normalized spacial score (nSPS) is 18.8. The highest BCUT2D eigenvalue weighted by Gasteiger charge is 2.21. The van der Waals surface area contributed by atoms with Crippen molar-refractivity contribution in [2.24, 2.45) is 5.92 Å². The molecule has 0 heteroatoms. The topological polar surface area (TPSA) is 0 Å². The lowest BCUT2D eigenvalue weighted by molar-refractivity contribution is 0.302. The van der Waals surface area contributed by atoms with Crippen LogP contribution in [0, 0.1) is 17.8 Å². The summed E-state index contributed by atoms with van der Waals surface area (Å²) in [5.41, 5.74) is 5.14. The fourth-order valence-electron chi connectivity index (χ4n) is 4.67. The Morgan fingerprint density at radius 1 is 0.690 bits per heavy atom. The van der Waals surface area contributed by atoms with Crippen LogP contribution < -0.4 is 0 Å². The van der Waals surface area contributed by atoms with E-state index in [-0.39, 0.29) is 0 Å². The monoisotopic (exact) mass is 386 g/mol. The molecular formula is C29H38. The Labute approximate surface area is 179 Å². The van der Waals surface area contributed by atoms with Gasteiger partial charge in [0.1, 0.15) is 0 Å². The van der Waals surface area contributed by atoms with Gasteiger partial charge in [-0.15, -0.1) is 0 Å². The minimum atomic E-state index is 0.759. The maximum absolute atomic E-state index is 3.33. The van der Waals surface area contributed by atoms with Crippen molar-refractivity contribution in [1.29, 1.82) is 0 Å². The van der Waals surface area contributed by atoms with E-state index in [0.717, 1.165) is 29.4 Å². The highest BCUT2D eigenvalue weighted by Crippen LogP contribution is 2.37. The van der Waals surface area contributed by atoms with Crippen LogP contribution in [0.5, 0.6) is 0 Å². The summed E-state index contributed by atoms with van der Waals surface area (Å²) in [7, 11) is 0. The third-order valence-electron chi connectivity index (χ3n) is 6.54. The van der Waals surface area contributed by atoms with Crippen LogP contribution in [-0.2, 0) is 6.42 Å². The second-order valence-electron chi connectivity index (χ2n) is 8.89. The molecule has 0 bridgehead atoms. The molecule has 154 valence electrons. The van der Waals surface area contributed by atoms with E-state index < -0.39 is 0 Å².